The molecule has 1 fully saturated rings. The van der Waals surface area contributed by atoms with Gasteiger partial charge in [-0.15, -0.1) is 6.42 Å². The summed E-state index contributed by atoms with van der Waals surface area (Å²) in [4.78, 5) is 2.19. The van der Waals surface area contributed by atoms with Gasteiger partial charge in [0.15, 0.2) is 0 Å². The maximum atomic E-state index is 5.70. The van der Waals surface area contributed by atoms with E-state index in [0.717, 1.165) is 11.4 Å². The first-order valence-corrected chi connectivity index (χ1v) is 9.27. The third-order valence-corrected chi connectivity index (χ3v) is 4.69. The molecule has 1 saturated carbocycles. The molecule has 3 N–H and O–H groups in total. The minimum atomic E-state index is -0.100. The number of hydrogen-bond acceptors (Lipinski definition) is 4. The molecule has 136 valence electrons. The van der Waals surface area contributed by atoms with Crippen molar-refractivity contribution in [3.63, 3.8) is 0 Å². The SMILES string of the molecule is C#CC1=CNC(c2ccccc2)N(C)C1Nc1cc(C2CC2)[nH]n1.CC. The maximum Gasteiger partial charge on any atom is 0.149 e. The van der Waals surface area contributed by atoms with Crippen molar-refractivity contribution in [1.29, 1.82) is 0 Å². The standard InChI is InChI=1S/C19H21N5.C2H6/c1-3-13-12-20-18(15-7-5-4-6-8-15)24(2)19(13)21-17-11-16(22-23-17)14-9-10-14;1-2/h1,4-8,11-12,14,18-20H,9-10H2,2H3,(H2,21,22,23);1-2H3. The van der Waals surface area contributed by atoms with Crippen LogP contribution >= 0.6 is 0 Å². The van der Waals surface area contributed by atoms with E-state index in [9.17, 15) is 0 Å². The number of hydrogen-bond donors (Lipinski definition) is 3. The highest BCUT2D eigenvalue weighted by Crippen LogP contribution is 2.39. The van der Waals surface area contributed by atoms with Crippen molar-refractivity contribution in [1.82, 2.24) is 20.4 Å². The van der Waals surface area contributed by atoms with Crippen LogP contribution in [-0.4, -0.2) is 28.3 Å². The highest BCUT2D eigenvalue weighted by molar-refractivity contribution is 5.45. The van der Waals surface area contributed by atoms with Crippen LogP contribution in [0.3, 0.4) is 0 Å². The van der Waals surface area contributed by atoms with Crippen LogP contribution in [0, 0.1) is 12.3 Å². The predicted octanol–water partition coefficient (Wildman–Crippen LogP) is 3.80. The summed E-state index contributed by atoms with van der Waals surface area (Å²) in [6.07, 6.45) is 10.1. The molecule has 0 saturated heterocycles. The summed E-state index contributed by atoms with van der Waals surface area (Å²) in [7, 11) is 2.06. The van der Waals surface area contributed by atoms with Gasteiger partial charge in [-0.1, -0.05) is 50.1 Å². The highest BCUT2D eigenvalue weighted by Gasteiger charge is 2.31. The highest BCUT2D eigenvalue weighted by atomic mass is 15.4. The van der Waals surface area contributed by atoms with Crippen molar-refractivity contribution in [3.05, 3.63) is 59.4 Å². The van der Waals surface area contributed by atoms with Gasteiger partial charge < -0.3 is 10.6 Å². The number of rotatable bonds is 4. The molecule has 4 rings (SSSR count). The zero-order chi connectivity index (χ0) is 18.5. The average molecular weight is 349 g/mol. The number of anilines is 1. The Balaban J connectivity index is 0.000000948. The second-order valence-corrected chi connectivity index (χ2v) is 6.42. The predicted molar refractivity (Wildman–Crippen MR) is 106 cm³/mol. The Morgan fingerprint density at radius 1 is 1.23 bits per heavy atom. The van der Waals surface area contributed by atoms with E-state index in [0.29, 0.717) is 5.92 Å². The Bertz CT molecular complexity index is 782. The number of likely N-dealkylation sites (N-methyl/N-ethyl adjacent to an activating group) is 1. The molecule has 5 nitrogen and oxygen atoms in total. The molecule has 26 heavy (non-hydrogen) atoms. The van der Waals surface area contributed by atoms with Crippen molar-refractivity contribution in [2.45, 2.75) is 44.9 Å². The number of terminal acetylenes is 1. The average Bonchev–Trinajstić information content (AvgIpc) is 3.44. The first kappa shape index (κ1) is 18.1. The lowest BCUT2D eigenvalue weighted by atomic mass is 10.1. The van der Waals surface area contributed by atoms with E-state index in [1.54, 1.807) is 0 Å². The summed E-state index contributed by atoms with van der Waals surface area (Å²) >= 11 is 0. The van der Waals surface area contributed by atoms with E-state index in [1.807, 2.05) is 38.2 Å². The molecule has 2 unspecified atom stereocenters. The first-order chi connectivity index (χ1) is 12.8. The number of H-pyrrole nitrogens is 1. The Labute approximate surface area is 155 Å². The lowest BCUT2D eigenvalue weighted by molar-refractivity contribution is 0.180. The third kappa shape index (κ3) is 3.76. The van der Waals surface area contributed by atoms with Gasteiger partial charge in [-0.05, 0) is 25.5 Å². The molecule has 0 bridgehead atoms. The van der Waals surface area contributed by atoms with Gasteiger partial charge in [0.05, 0.1) is 5.57 Å². The fraction of sp³-hybridized carbons (Fsp3) is 0.381. The fourth-order valence-corrected chi connectivity index (χ4v) is 3.15. The van der Waals surface area contributed by atoms with E-state index in [2.05, 4.69) is 56.9 Å². The van der Waals surface area contributed by atoms with E-state index in [-0.39, 0.29) is 12.3 Å². The van der Waals surface area contributed by atoms with Crippen LogP contribution in [-0.2, 0) is 0 Å². The monoisotopic (exact) mass is 349 g/mol. The number of nitrogens with zero attached hydrogens (tertiary/aromatic N) is 2. The zero-order valence-electron chi connectivity index (χ0n) is 15.7. The van der Waals surface area contributed by atoms with Gasteiger partial charge in [0, 0.05) is 23.9 Å². The molecule has 1 aromatic carbocycles. The van der Waals surface area contributed by atoms with Crippen LogP contribution in [0.25, 0.3) is 0 Å². The Morgan fingerprint density at radius 2 is 1.96 bits per heavy atom. The Kier molecular flexibility index (Phi) is 5.65. The largest absolute Gasteiger partial charge is 0.371 e. The van der Waals surface area contributed by atoms with Crippen LogP contribution in [0.5, 0.6) is 0 Å². The van der Waals surface area contributed by atoms with Gasteiger partial charge in [-0.25, -0.2) is 0 Å². The summed E-state index contributed by atoms with van der Waals surface area (Å²) in [5.74, 6) is 4.26. The number of aromatic amines is 1. The molecule has 0 spiro atoms. The van der Waals surface area contributed by atoms with Gasteiger partial charge in [0.2, 0.25) is 0 Å². The topological polar surface area (TPSA) is 56.0 Å². The fourth-order valence-electron chi connectivity index (χ4n) is 3.15. The summed E-state index contributed by atoms with van der Waals surface area (Å²) in [6.45, 7) is 4.00. The summed E-state index contributed by atoms with van der Waals surface area (Å²) in [6, 6.07) is 12.4. The summed E-state index contributed by atoms with van der Waals surface area (Å²) < 4.78 is 0. The Morgan fingerprint density at radius 3 is 2.62 bits per heavy atom. The van der Waals surface area contributed by atoms with Crippen molar-refractivity contribution in [2.24, 2.45) is 0 Å². The van der Waals surface area contributed by atoms with Gasteiger partial charge in [-0.3, -0.25) is 10.00 Å². The van der Waals surface area contributed by atoms with Gasteiger partial charge >= 0.3 is 0 Å². The molecule has 2 aromatic rings. The Hall–Kier alpha value is -2.71. The molecule has 1 aliphatic carbocycles. The van der Waals surface area contributed by atoms with Gasteiger partial charge in [0.25, 0.3) is 0 Å². The minimum Gasteiger partial charge on any atom is -0.371 e. The van der Waals surface area contributed by atoms with E-state index >= 15 is 0 Å². The molecule has 2 heterocycles. The van der Waals surface area contributed by atoms with Crippen LogP contribution < -0.4 is 10.6 Å². The molecule has 1 aliphatic heterocycles. The normalized spacial score (nSPS) is 22.3. The molecule has 1 aromatic heterocycles. The van der Waals surface area contributed by atoms with Crippen LogP contribution in [0.1, 0.15) is 50.0 Å². The molecular formula is C21H27N5. The molecular weight excluding hydrogens is 322 g/mol. The molecule has 2 atom stereocenters. The lowest BCUT2D eigenvalue weighted by Gasteiger charge is -2.39. The maximum absolute atomic E-state index is 5.70. The second kappa shape index (κ2) is 8.11. The molecule has 0 radical (unpaired) electrons. The van der Waals surface area contributed by atoms with Crippen molar-refractivity contribution < 1.29 is 0 Å². The summed E-state index contributed by atoms with van der Waals surface area (Å²) in [5, 5.41) is 14.4. The minimum absolute atomic E-state index is 0.0580. The van der Waals surface area contributed by atoms with E-state index < -0.39 is 0 Å². The molecule has 2 aliphatic rings. The van der Waals surface area contributed by atoms with Gasteiger partial charge in [-0.2, -0.15) is 5.10 Å². The molecule has 0 amide bonds. The zero-order valence-corrected chi connectivity index (χ0v) is 15.7. The van der Waals surface area contributed by atoms with Gasteiger partial charge in [0.1, 0.15) is 18.1 Å². The smallest absolute Gasteiger partial charge is 0.149 e. The summed E-state index contributed by atoms with van der Waals surface area (Å²) in [5.41, 5.74) is 3.26. The van der Waals surface area contributed by atoms with Crippen LogP contribution in [0.2, 0.25) is 0 Å². The second-order valence-electron chi connectivity index (χ2n) is 6.42. The lowest BCUT2D eigenvalue weighted by Crippen LogP contribution is -2.49. The van der Waals surface area contributed by atoms with Crippen LogP contribution in [0.15, 0.2) is 48.2 Å². The number of aromatic nitrogens is 2. The van der Waals surface area contributed by atoms with E-state index in [4.69, 9.17) is 6.42 Å². The van der Waals surface area contributed by atoms with Crippen LogP contribution in [0.4, 0.5) is 5.82 Å². The third-order valence-electron chi connectivity index (χ3n) is 4.69. The number of benzene rings is 1. The number of nitrogens with one attached hydrogen (secondary N) is 3. The quantitative estimate of drug-likeness (QED) is 0.735. The van der Waals surface area contributed by atoms with Crippen molar-refractivity contribution >= 4 is 5.82 Å². The molecule has 5 heteroatoms. The van der Waals surface area contributed by atoms with Crippen molar-refractivity contribution in [2.75, 3.05) is 12.4 Å². The van der Waals surface area contributed by atoms with Crippen molar-refractivity contribution in [3.8, 4) is 12.3 Å². The first-order valence-electron chi connectivity index (χ1n) is 9.27. The van der Waals surface area contributed by atoms with E-state index in [1.165, 1.54) is 24.1 Å².